The molecule has 1 amide bonds. The third-order valence-corrected chi connectivity index (χ3v) is 3.35. The lowest BCUT2D eigenvalue weighted by molar-refractivity contribution is -0.133. The Balaban J connectivity index is 1.96. The maximum atomic E-state index is 11.8. The van der Waals surface area contributed by atoms with Crippen LogP contribution in [0.1, 0.15) is 23.2 Å². The molecule has 1 saturated heterocycles. The second kappa shape index (κ2) is 5.93. The molecule has 6 heteroatoms. The van der Waals surface area contributed by atoms with Crippen molar-refractivity contribution in [3.63, 3.8) is 0 Å². The topological polar surface area (TPSA) is 72.6 Å². The minimum atomic E-state index is -0.671. The lowest BCUT2D eigenvalue weighted by atomic mass is 10.2. The number of anilines is 1. The molecule has 0 unspecified atom stereocenters. The monoisotopic (exact) mass is 282 g/mol. The number of esters is 1. The number of amides is 1. The fraction of sp³-hybridized carbons (Fsp3) is 0.385. The summed E-state index contributed by atoms with van der Waals surface area (Å²) < 4.78 is 4.97. The van der Waals surface area contributed by atoms with Gasteiger partial charge in [-0.2, -0.15) is 0 Å². The van der Waals surface area contributed by atoms with Gasteiger partial charge in [0.1, 0.15) is 5.56 Å². The molecule has 0 aromatic heterocycles. The molecule has 1 heterocycles. The lowest BCUT2D eigenvalue weighted by Crippen LogP contribution is -2.32. The number of likely N-dealkylation sites (tertiary alicyclic amines) is 1. The molecule has 1 aliphatic heterocycles. The summed E-state index contributed by atoms with van der Waals surface area (Å²) in [5.74, 6) is -0.855. The van der Waals surface area contributed by atoms with Gasteiger partial charge in [-0.3, -0.25) is 4.79 Å². The highest BCUT2D eigenvalue weighted by molar-refractivity contribution is 6.34. The quantitative estimate of drug-likeness (QED) is 0.676. The molecule has 1 aromatic rings. The third-order valence-electron chi connectivity index (χ3n) is 3.04. The lowest BCUT2D eigenvalue weighted by Gasteiger charge is -2.15. The molecule has 0 radical (unpaired) electrons. The number of halogens is 1. The Labute approximate surface area is 116 Å². The first-order chi connectivity index (χ1) is 9.09. The maximum absolute atomic E-state index is 11.8. The molecule has 0 spiro atoms. The Kier molecular flexibility index (Phi) is 4.27. The standard InChI is InChI=1S/C13H15ClN2O3/c14-9-4-3-5-10(15)12(9)13(18)19-8-11(17)16-6-1-2-7-16/h3-5H,1-2,6-8,15H2. The van der Waals surface area contributed by atoms with E-state index in [1.165, 1.54) is 0 Å². The van der Waals surface area contributed by atoms with Crippen LogP contribution in [0.2, 0.25) is 5.02 Å². The van der Waals surface area contributed by atoms with Crippen molar-refractivity contribution in [3.8, 4) is 0 Å². The van der Waals surface area contributed by atoms with Crippen LogP contribution < -0.4 is 5.73 Å². The summed E-state index contributed by atoms with van der Waals surface area (Å²) in [5.41, 5.74) is 6.02. The highest BCUT2D eigenvalue weighted by Gasteiger charge is 2.21. The summed E-state index contributed by atoms with van der Waals surface area (Å²) in [6.45, 7) is 1.18. The second-order valence-electron chi connectivity index (χ2n) is 4.37. The van der Waals surface area contributed by atoms with Crippen molar-refractivity contribution < 1.29 is 14.3 Å². The van der Waals surface area contributed by atoms with Crippen LogP contribution in [0.15, 0.2) is 18.2 Å². The van der Waals surface area contributed by atoms with E-state index in [9.17, 15) is 9.59 Å². The van der Waals surface area contributed by atoms with Gasteiger partial charge in [0, 0.05) is 18.8 Å². The molecule has 2 N–H and O–H groups in total. The number of carbonyl (C=O) groups is 2. The molecule has 1 fully saturated rings. The number of carbonyl (C=O) groups excluding carboxylic acids is 2. The summed E-state index contributed by atoms with van der Waals surface area (Å²) in [6.07, 6.45) is 1.99. The van der Waals surface area contributed by atoms with E-state index in [1.807, 2.05) is 0 Å². The molecular formula is C13H15ClN2O3. The van der Waals surface area contributed by atoms with E-state index in [1.54, 1.807) is 23.1 Å². The van der Waals surface area contributed by atoms with Crippen LogP contribution in [0.3, 0.4) is 0 Å². The fourth-order valence-electron chi connectivity index (χ4n) is 2.01. The summed E-state index contributed by atoms with van der Waals surface area (Å²) in [6, 6.07) is 4.76. The van der Waals surface area contributed by atoms with Crippen molar-refractivity contribution >= 4 is 29.2 Å². The van der Waals surface area contributed by atoms with Crippen LogP contribution in [-0.2, 0) is 9.53 Å². The Morgan fingerprint density at radius 3 is 2.63 bits per heavy atom. The van der Waals surface area contributed by atoms with Crippen LogP contribution in [0.5, 0.6) is 0 Å². The summed E-state index contributed by atoms with van der Waals surface area (Å²) in [4.78, 5) is 25.3. The number of benzene rings is 1. The van der Waals surface area contributed by atoms with E-state index in [2.05, 4.69) is 0 Å². The maximum Gasteiger partial charge on any atom is 0.342 e. The molecule has 102 valence electrons. The second-order valence-corrected chi connectivity index (χ2v) is 4.78. The Hall–Kier alpha value is -1.75. The van der Waals surface area contributed by atoms with Gasteiger partial charge in [0.2, 0.25) is 0 Å². The zero-order valence-corrected chi connectivity index (χ0v) is 11.2. The van der Waals surface area contributed by atoms with Gasteiger partial charge in [-0.1, -0.05) is 17.7 Å². The molecule has 0 atom stereocenters. The van der Waals surface area contributed by atoms with Crippen molar-refractivity contribution in [2.45, 2.75) is 12.8 Å². The van der Waals surface area contributed by atoms with Gasteiger partial charge in [0.05, 0.1) is 5.02 Å². The van der Waals surface area contributed by atoms with Crippen molar-refractivity contribution in [1.82, 2.24) is 4.90 Å². The average Bonchev–Trinajstić information content (AvgIpc) is 2.89. The minimum absolute atomic E-state index is 0.110. The number of hydrogen-bond donors (Lipinski definition) is 1. The number of nitrogens with zero attached hydrogens (tertiary/aromatic N) is 1. The molecule has 0 saturated carbocycles. The van der Waals surface area contributed by atoms with E-state index < -0.39 is 5.97 Å². The number of hydrogen-bond acceptors (Lipinski definition) is 4. The van der Waals surface area contributed by atoms with Crippen molar-refractivity contribution in [3.05, 3.63) is 28.8 Å². The Bertz CT molecular complexity index is 478. The van der Waals surface area contributed by atoms with E-state index in [0.29, 0.717) is 0 Å². The predicted octanol–water partition coefficient (Wildman–Crippen LogP) is 1.70. The van der Waals surface area contributed by atoms with Crippen LogP contribution in [0, 0.1) is 0 Å². The molecular weight excluding hydrogens is 268 g/mol. The van der Waals surface area contributed by atoms with Gasteiger partial charge in [-0.15, -0.1) is 0 Å². The predicted molar refractivity (Wildman–Crippen MR) is 72.0 cm³/mol. The number of nitrogen functional groups attached to an aromatic ring is 1. The minimum Gasteiger partial charge on any atom is -0.452 e. The number of ether oxygens (including phenoxy) is 1. The van der Waals surface area contributed by atoms with Gasteiger partial charge < -0.3 is 15.4 Å². The average molecular weight is 283 g/mol. The molecule has 2 rings (SSSR count). The zero-order valence-electron chi connectivity index (χ0n) is 10.4. The van der Waals surface area contributed by atoms with Gasteiger partial charge in [-0.05, 0) is 25.0 Å². The first-order valence-electron chi connectivity index (χ1n) is 6.08. The van der Waals surface area contributed by atoms with Crippen LogP contribution in [-0.4, -0.2) is 36.5 Å². The summed E-state index contributed by atoms with van der Waals surface area (Å²) in [7, 11) is 0. The molecule has 1 aromatic carbocycles. The molecule has 1 aliphatic rings. The smallest absolute Gasteiger partial charge is 0.342 e. The molecule has 0 bridgehead atoms. The largest absolute Gasteiger partial charge is 0.452 e. The van der Waals surface area contributed by atoms with Gasteiger partial charge in [0.15, 0.2) is 6.61 Å². The third kappa shape index (κ3) is 3.17. The first kappa shape index (κ1) is 13.7. The van der Waals surface area contributed by atoms with Crippen molar-refractivity contribution in [2.24, 2.45) is 0 Å². The zero-order chi connectivity index (χ0) is 13.8. The van der Waals surface area contributed by atoms with Crippen LogP contribution in [0.25, 0.3) is 0 Å². The van der Waals surface area contributed by atoms with E-state index >= 15 is 0 Å². The van der Waals surface area contributed by atoms with Crippen LogP contribution >= 0.6 is 11.6 Å². The molecule has 0 aliphatic carbocycles. The van der Waals surface area contributed by atoms with E-state index in [0.717, 1.165) is 25.9 Å². The van der Waals surface area contributed by atoms with E-state index in [4.69, 9.17) is 22.1 Å². The SMILES string of the molecule is Nc1cccc(Cl)c1C(=O)OCC(=O)N1CCCC1. The first-order valence-corrected chi connectivity index (χ1v) is 6.46. The number of rotatable bonds is 3. The van der Waals surface area contributed by atoms with E-state index in [-0.39, 0.29) is 28.8 Å². The highest BCUT2D eigenvalue weighted by atomic mass is 35.5. The van der Waals surface area contributed by atoms with Crippen molar-refractivity contribution in [1.29, 1.82) is 0 Å². The number of nitrogens with two attached hydrogens (primary N) is 1. The molecule has 5 nitrogen and oxygen atoms in total. The Morgan fingerprint density at radius 2 is 2.00 bits per heavy atom. The summed E-state index contributed by atoms with van der Waals surface area (Å²) in [5, 5.41) is 0.221. The van der Waals surface area contributed by atoms with Crippen LogP contribution in [0.4, 0.5) is 5.69 Å². The normalized spacial score (nSPS) is 14.5. The van der Waals surface area contributed by atoms with Crippen molar-refractivity contribution in [2.75, 3.05) is 25.4 Å². The molecule has 19 heavy (non-hydrogen) atoms. The Morgan fingerprint density at radius 1 is 1.32 bits per heavy atom. The van der Waals surface area contributed by atoms with Gasteiger partial charge >= 0.3 is 5.97 Å². The van der Waals surface area contributed by atoms with Gasteiger partial charge in [0.25, 0.3) is 5.91 Å². The fourth-order valence-corrected chi connectivity index (χ4v) is 2.27. The van der Waals surface area contributed by atoms with Gasteiger partial charge in [-0.25, -0.2) is 4.79 Å². The highest BCUT2D eigenvalue weighted by Crippen LogP contribution is 2.22. The summed E-state index contributed by atoms with van der Waals surface area (Å²) >= 11 is 5.89.